The maximum atomic E-state index is 8.89. The van der Waals surface area contributed by atoms with Crippen LogP contribution in [-0.2, 0) is 14.4 Å². The van der Waals surface area contributed by atoms with Crippen LogP contribution in [0.3, 0.4) is 0 Å². The van der Waals surface area contributed by atoms with Crippen molar-refractivity contribution in [3.8, 4) is 0 Å². The SMILES string of the molecule is CC(=O)[O-].CC(=O)[O-].CC(=O)[O-].[Ce+3].[H-].[Na+]. The molecule has 0 atom stereocenters. The van der Waals surface area contributed by atoms with Crippen LogP contribution < -0.4 is 44.9 Å². The molecule has 1 radical (unpaired) electrons. The molecule has 0 amide bonds. The van der Waals surface area contributed by atoms with Crippen LogP contribution in [0.15, 0.2) is 0 Å². The normalized spacial score (nSPS) is 5.36. The quantitative estimate of drug-likeness (QED) is 0.404. The van der Waals surface area contributed by atoms with Gasteiger partial charge >= 0.3 is 71.3 Å². The molecule has 0 rings (SSSR count). The predicted molar refractivity (Wildman–Crippen MR) is 33.2 cm³/mol. The van der Waals surface area contributed by atoms with Crippen molar-refractivity contribution in [2.45, 2.75) is 20.8 Å². The Hall–Kier alpha value is 0.787. The van der Waals surface area contributed by atoms with E-state index >= 15 is 0 Å². The molecule has 0 aliphatic carbocycles. The van der Waals surface area contributed by atoms with Crippen molar-refractivity contribution in [1.82, 2.24) is 0 Å². The third-order valence-corrected chi connectivity index (χ3v) is 0. The fraction of sp³-hybridized carbons (Fsp3) is 0.500. The number of carboxylic acids is 3. The molecule has 0 aliphatic rings. The molecule has 0 N–H and O–H groups in total. The van der Waals surface area contributed by atoms with Crippen LogP contribution in [-0.4, -0.2) is 17.9 Å². The Balaban J connectivity index is -0.0000000184. The van der Waals surface area contributed by atoms with Gasteiger partial charge in [-0.1, -0.05) is 0 Å². The Kier molecular flexibility index (Phi) is 49.3. The number of carbonyl (C=O) groups excluding carboxylic acids is 3. The first-order chi connectivity index (χ1) is 5.20. The fourth-order valence-electron chi connectivity index (χ4n) is 0. The topological polar surface area (TPSA) is 120 Å². The van der Waals surface area contributed by atoms with E-state index in [1.807, 2.05) is 0 Å². The molecular weight excluding hydrogens is 331 g/mol. The summed E-state index contributed by atoms with van der Waals surface area (Å²) in [7, 11) is 0. The smallest absolute Gasteiger partial charge is 1.00 e. The van der Waals surface area contributed by atoms with Gasteiger partial charge in [0.2, 0.25) is 0 Å². The zero-order valence-electron chi connectivity index (χ0n) is 9.45. The van der Waals surface area contributed by atoms with E-state index in [1.54, 1.807) is 0 Å². The molecule has 6 nitrogen and oxygen atoms in total. The van der Waals surface area contributed by atoms with Crippen molar-refractivity contribution in [2.24, 2.45) is 0 Å². The maximum Gasteiger partial charge on any atom is 3.00 e. The average molecular weight is 341 g/mol. The van der Waals surface area contributed by atoms with Crippen LogP contribution in [0.5, 0.6) is 0 Å². The van der Waals surface area contributed by atoms with E-state index in [9.17, 15) is 0 Å². The molecule has 0 saturated carbocycles. The minimum Gasteiger partial charge on any atom is -1.00 e. The summed E-state index contributed by atoms with van der Waals surface area (Å²) in [5.74, 6) is -3.25. The van der Waals surface area contributed by atoms with Gasteiger partial charge in [-0.3, -0.25) is 0 Å². The van der Waals surface area contributed by atoms with Crippen LogP contribution in [0.25, 0.3) is 0 Å². The van der Waals surface area contributed by atoms with Crippen molar-refractivity contribution in [3.05, 3.63) is 0 Å². The van der Waals surface area contributed by atoms with Crippen LogP contribution in [0.4, 0.5) is 0 Å². The van der Waals surface area contributed by atoms with Crippen LogP contribution >= 0.6 is 0 Å². The number of carboxylic acid groups (broad SMARTS) is 3. The van der Waals surface area contributed by atoms with E-state index in [2.05, 4.69) is 0 Å². The Morgan fingerprint density at radius 3 is 0.786 bits per heavy atom. The minimum atomic E-state index is -1.08. The van der Waals surface area contributed by atoms with Crippen molar-refractivity contribution < 1.29 is 102 Å². The first-order valence-electron chi connectivity index (χ1n) is 2.72. The summed E-state index contributed by atoms with van der Waals surface area (Å²) >= 11 is 0. The maximum absolute atomic E-state index is 8.89. The summed E-state index contributed by atoms with van der Waals surface area (Å²) in [6, 6.07) is 0. The van der Waals surface area contributed by atoms with Crippen LogP contribution in [0.2, 0.25) is 0 Å². The Bertz CT molecular complexity index is 125. The van der Waals surface area contributed by atoms with E-state index < -0.39 is 17.9 Å². The monoisotopic (exact) mass is 341 g/mol. The largest absolute Gasteiger partial charge is 3.00 e. The second-order valence-electron chi connectivity index (χ2n) is 1.47. The van der Waals surface area contributed by atoms with Gasteiger partial charge in [0.1, 0.15) is 0 Å². The van der Waals surface area contributed by atoms with Crippen molar-refractivity contribution in [1.29, 1.82) is 0 Å². The predicted octanol–water partition coefficient (Wildman–Crippen LogP) is -6.61. The summed E-state index contributed by atoms with van der Waals surface area (Å²) in [6.45, 7) is 2.92. The number of carbonyl (C=O) groups is 3. The Morgan fingerprint density at radius 2 is 0.786 bits per heavy atom. The number of hydrogen-bond donors (Lipinski definition) is 0. The second kappa shape index (κ2) is 23.5. The molecule has 0 aliphatic heterocycles. The van der Waals surface area contributed by atoms with Gasteiger partial charge in [0, 0.05) is 17.9 Å². The number of hydrogen-bond acceptors (Lipinski definition) is 6. The summed E-state index contributed by atoms with van der Waals surface area (Å²) in [5.41, 5.74) is 0. The van der Waals surface area contributed by atoms with Crippen LogP contribution in [0.1, 0.15) is 22.2 Å². The molecule has 14 heavy (non-hydrogen) atoms. The molecular formula is C6H10CeNaO6. The van der Waals surface area contributed by atoms with Gasteiger partial charge in [0.15, 0.2) is 0 Å². The molecule has 0 aromatic rings. The molecule has 0 heterocycles. The molecule has 0 unspecified atom stereocenters. The zero-order valence-corrected chi connectivity index (χ0v) is 13.6. The average Bonchev–Trinajstić information content (AvgIpc) is 1.54. The van der Waals surface area contributed by atoms with Crippen molar-refractivity contribution in [2.75, 3.05) is 0 Å². The summed E-state index contributed by atoms with van der Waals surface area (Å²) in [5, 5.41) is 26.7. The minimum absolute atomic E-state index is 0. The molecule has 0 bridgehead atoms. The molecule has 0 spiro atoms. The third-order valence-electron chi connectivity index (χ3n) is 0. The van der Waals surface area contributed by atoms with E-state index in [-0.39, 0.29) is 72.7 Å². The summed E-state index contributed by atoms with van der Waals surface area (Å²) in [6.07, 6.45) is 0. The summed E-state index contributed by atoms with van der Waals surface area (Å²) < 4.78 is 0. The zero-order chi connectivity index (χ0) is 10.7. The van der Waals surface area contributed by atoms with Crippen molar-refractivity contribution >= 4 is 17.9 Å². The van der Waals surface area contributed by atoms with Gasteiger partial charge in [-0.2, -0.15) is 0 Å². The summed E-state index contributed by atoms with van der Waals surface area (Å²) in [4.78, 5) is 26.7. The van der Waals surface area contributed by atoms with E-state index in [1.165, 1.54) is 0 Å². The van der Waals surface area contributed by atoms with E-state index in [0.29, 0.717) is 0 Å². The molecule has 8 heteroatoms. The Morgan fingerprint density at radius 1 is 0.786 bits per heavy atom. The van der Waals surface area contributed by atoms with Crippen molar-refractivity contribution in [3.63, 3.8) is 0 Å². The van der Waals surface area contributed by atoms with E-state index in [4.69, 9.17) is 29.7 Å². The van der Waals surface area contributed by atoms with Gasteiger partial charge in [-0.25, -0.2) is 0 Å². The second-order valence-corrected chi connectivity index (χ2v) is 1.47. The number of rotatable bonds is 0. The van der Waals surface area contributed by atoms with Crippen LogP contribution in [0, 0.1) is 41.7 Å². The van der Waals surface area contributed by atoms with E-state index in [0.717, 1.165) is 20.8 Å². The third kappa shape index (κ3) is 2870. The molecule has 0 aromatic heterocycles. The first-order valence-corrected chi connectivity index (χ1v) is 2.72. The number of aliphatic carboxylic acids is 3. The first kappa shape index (κ1) is 29.3. The molecule has 75 valence electrons. The molecule has 0 fully saturated rings. The van der Waals surface area contributed by atoms with Gasteiger partial charge in [0.25, 0.3) is 0 Å². The molecule has 0 aromatic carbocycles. The molecule has 0 saturated heterocycles. The van der Waals surface area contributed by atoms with Gasteiger partial charge in [0.05, 0.1) is 0 Å². The van der Waals surface area contributed by atoms with Gasteiger partial charge in [-0.15, -0.1) is 0 Å². The van der Waals surface area contributed by atoms with Gasteiger partial charge < -0.3 is 31.1 Å². The Labute approximate surface area is 139 Å². The standard InChI is InChI=1S/3C2H4O2.Ce.Na.H/c3*1-2(3)4;;;/h3*1H3,(H,3,4);;;/q;;;+3;+1;-1/p-3. The van der Waals surface area contributed by atoms with Gasteiger partial charge in [-0.05, 0) is 20.8 Å². The fourth-order valence-corrected chi connectivity index (χ4v) is 0.